The second-order valence-electron chi connectivity index (χ2n) is 5.43. The van der Waals surface area contributed by atoms with E-state index in [0.717, 1.165) is 37.2 Å². The van der Waals surface area contributed by atoms with E-state index in [1.165, 1.54) is 0 Å². The first-order valence-corrected chi connectivity index (χ1v) is 6.74. The van der Waals surface area contributed by atoms with Crippen LogP contribution in [-0.4, -0.2) is 24.1 Å². The molecule has 0 spiro atoms. The largest absolute Gasteiger partial charge is 0.366 e. The van der Waals surface area contributed by atoms with E-state index in [-0.39, 0.29) is 16.7 Å². The first-order chi connectivity index (χ1) is 8.99. The highest BCUT2D eigenvalue weighted by molar-refractivity contribution is 5.64. The van der Waals surface area contributed by atoms with Crippen molar-refractivity contribution in [1.82, 2.24) is 0 Å². The van der Waals surface area contributed by atoms with Gasteiger partial charge in [0.15, 0.2) is 0 Å². The number of nitrogens with zero attached hydrogens (tertiary/aromatic N) is 2. The molecule has 1 aliphatic rings. The minimum atomic E-state index is -0.292. The molecule has 2 rings (SSSR count). The van der Waals surface area contributed by atoms with E-state index in [0.29, 0.717) is 5.92 Å². The van der Waals surface area contributed by atoms with Crippen LogP contribution in [-0.2, 0) is 0 Å². The van der Waals surface area contributed by atoms with Crippen LogP contribution in [0.1, 0.15) is 25.3 Å². The molecule has 1 fully saturated rings. The molecule has 1 saturated heterocycles. The molecule has 1 aromatic rings. The molecule has 0 aliphatic carbocycles. The van der Waals surface area contributed by atoms with Gasteiger partial charge in [0.2, 0.25) is 0 Å². The Morgan fingerprint density at radius 3 is 2.58 bits per heavy atom. The molecule has 1 aliphatic heterocycles. The van der Waals surface area contributed by atoms with Crippen LogP contribution < -0.4 is 10.6 Å². The highest BCUT2D eigenvalue weighted by Crippen LogP contribution is 2.32. The number of aryl methyl sites for hydroxylation is 1. The Labute approximate surface area is 113 Å². The van der Waals surface area contributed by atoms with Crippen LogP contribution in [0, 0.1) is 23.0 Å². The maximum Gasteiger partial charge on any atom is 0.292 e. The molecule has 0 amide bonds. The van der Waals surface area contributed by atoms with Gasteiger partial charge in [-0.25, -0.2) is 0 Å². The lowest BCUT2D eigenvalue weighted by atomic mass is 9.90. The fourth-order valence-corrected chi connectivity index (χ4v) is 2.71. The van der Waals surface area contributed by atoms with Gasteiger partial charge >= 0.3 is 0 Å². The molecule has 5 nitrogen and oxygen atoms in total. The topological polar surface area (TPSA) is 72.4 Å². The lowest BCUT2D eigenvalue weighted by molar-refractivity contribution is -0.384. The van der Waals surface area contributed by atoms with Crippen LogP contribution >= 0.6 is 0 Å². The number of nitro groups is 1. The van der Waals surface area contributed by atoms with Gasteiger partial charge < -0.3 is 10.6 Å². The van der Waals surface area contributed by atoms with Gasteiger partial charge in [-0.1, -0.05) is 6.07 Å². The number of hydrogen-bond acceptors (Lipinski definition) is 4. The third-order valence-electron chi connectivity index (χ3n) is 3.95. The van der Waals surface area contributed by atoms with Gasteiger partial charge in [-0.05, 0) is 44.2 Å². The molecule has 0 bridgehead atoms. The summed E-state index contributed by atoms with van der Waals surface area (Å²) in [6.07, 6.45) is 2.01. The first kappa shape index (κ1) is 13.8. The number of nitrogens with two attached hydrogens (primary N) is 1. The van der Waals surface area contributed by atoms with Crippen molar-refractivity contribution in [2.75, 3.05) is 18.0 Å². The minimum Gasteiger partial charge on any atom is -0.366 e. The Morgan fingerprint density at radius 1 is 1.42 bits per heavy atom. The maximum atomic E-state index is 11.1. The standard InChI is InChI=1S/C14H21N3O2/c1-10-3-4-13(14(9-10)17(18)19)16-7-5-12(6-8-16)11(2)15/h3-4,9,11-12H,5-8,15H2,1-2H3. The van der Waals surface area contributed by atoms with Gasteiger partial charge in [-0.15, -0.1) is 0 Å². The zero-order valence-electron chi connectivity index (χ0n) is 11.5. The normalized spacial score (nSPS) is 18.4. The lowest BCUT2D eigenvalue weighted by Gasteiger charge is -2.34. The SMILES string of the molecule is Cc1ccc(N2CCC(C(C)N)CC2)c([N+](=O)[O-])c1. The van der Waals surface area contributed by atoms with Gasteiger partial charge in [-0.3, -0.25) is 10.1 Å². The summed E-state index contributed by atoms with van der Waals surface area (Å²) in [6, 6.07) is 5.64. The van der Waals surface area contributed by atoms with E-state index >= 15 is 0 Å². The third-order valence-corrected chi connectivity index (χ3v) is 3.95. The van der Waals surface area contributed by atoms with Gasteiger partial charge in [0, 0.05) is 25.2 Å². The van der Waals surface area contributed by atoms with E-state index in [1.807, 2.05) is 26.0 Å². The van der Waals surface area contributed by atoms with E-state index in [1.54, 1.807) is 6.07 Å². The Morgan fingerprint density at radius 2 is 2.05 bits per heavy atom. The first-order valence-electron chi connectivity index (χ1n) is 6.74. The molecule has 2 N–H and O–H groups in total. The zero-order chi connectivity index (χ0) is 14.0. The quantitative estimate of drug-likeness (QED) is 0.671. The molecular weight excluding hydrogens is 242 g/mol. The van der Waals surface area contributed by atoms with Crippen molar-refractivity contribution < 1.29 is 4.92 Å². The van der Waals surface area contributed by atoms with Crippen molar-refractivity contribution in [3.05, 3.63) is 33.9 Å². The summed E-state index contributed by atoms with van der Waals surface area (Å²) < 4.78 is 0. The molecule has 1 unspecified atom stereocenters. The smallest absolute Gasteiger partial charge is 0.292 e. The number of nitro benzene ring substituents is 1. The van der Waals surface area contributed by atoms with Crippen molar-refractivity contribution in [1.29, 1.82) is 0 Å². The predicted octanol–water partition coefficient (Wildman–Crippen LogP) is 2.47. The number of piperidine rings is 1. The molecule has 1 atom stereocenters. The fourth-order valence-electron chi connectivity index (χ4n) is 2.71. The summed E-state index contributed by atoms with van der Waals surface area (Å²) in [6.45, 7) is 5.60. The van der Waals surface area contributed by atoms with E-state index < -0.39 is 0 Å². The summed E-state index contributed by atoms with van der Waals surface area (Å²) >= 11 is 0. The van der Waals surface area contributed by atoms with Crippen molar-refractivity contribution >= 4 is 11.4 Å². The van der Waals surface area contributed by atoms with E-state index in [2.05, 4.69) is 4.90 Å². The van der Waals surface area contributed by atoms with Crippen LogP contribution in [0.5, 0.6) is 0 Å². The molecule has 5 heteroatoms. The van der Waals surface area contributed by atoms with E-state index in [4.69, 9.17) is 5.73 Å². The maximum absolute atomic E-state index is 11.1. The summed E-state index contributed by atoms with van der Waals surface area (Å²) in [5.74, 6) is 0.528. The van der Waals surface area contributed by atoms with Crippen LogP contribution in [0.25, 0.3) is 0 Å². The van der Waals surface area contributed by atoms with Crippen molar-refractivity contribution in [2.24, 2.45) is 11.7 Å². The van der Waals surface area contributed by atoms with Crippen molar-refractivity contribution in [3.8, 4) is 0 Å². The fraction of sp³-hybridized carbons (Fsp3) is 0.571. The monoisotopic (exact) mass is 263 g/mol. The van der Waals surface area contributed by atoms with Crippen LogP contribution in [0.4, 0.5) is 11.4 Å². The molecule has 0 saturated carbocycles. The highest BCUT2D eigenvalue weighted by atomic mass is 16.6. The van der Waals surface area contributed by atoms with Crippen molar-refractivity contribution in [3.63, 3.8) is 0 Å². The third kappa shape index (κ3) is 3.04. The highest BCUT2D eigenvalue weighted by Gasteiger charge is 2.26. The summed E-state index contributed by atoms with van der Waals surface area (Å²) in [7, 11) is 0. The second-order valence-corrected chi connectivity index (χ2v) is 5.43. The minimum absolute atomic E-state index is 0.204. The average Bonchev–Trinajstić information content (AvgIpc) is 2.38. The van der Waals surface area contributed by atoms with Crippen LogP contribution in [0.15, 0.2) is 18.2 Å². The van der Waals surface area contributed by atoms with Gasteiger partial charge in [0.05, 0.1) is 4.92 Å². The number of benzene rings is 1. The Balaban J connectivity index is 2.17. The number of rotatable bonds is 3. The summed E-state index contributed by atoms with van der Waals surface area (Å²) in [4.78, 5) is 13.0. The Kier molecular flexibility index (Phi) is 4.04. The van der Waals surface area contributed by atoms with Gasteiger partial charge in [0.1, 0.15) is 5.69 Å². The second kappa shape index (κ2) is 5.57. The number of hydrogen-bond donors (Lipinski definition) is 1. The molecular formula is C14H21N3O2. The molecule has 19 heavy (non-hydrogen) atoms. The van der Waals surface area contributed by atoms with Gasteiger partial charge in [0.25, 0.3) is 5.69 Å². The lowest BCUT2D eigenvalue weighted by Crippen LogP contribution is -2.39. The molecule has 1 heterocycles. The average molecular weight is 263 g/mol. The van der Waals surface area contributed by atoms with Crippen molar-refractivity contribution in [2.45, 2.75) is 32.7 Å². The van der Waals surface area contributed by atoms with Crippen LogP contribution in [0.3, 0.4) is 0 Å². The summed E-state index contributed by atoms with van der Waals surface area (Å²) in [5, 5.41) is 11.1. The molecule has 104 valence electrons. The Bertz CT molecular complexity index is 466. The van der Waals surface area contributed by atoms with Gasteiger partial charge in [-0.2, -0.15) is 0 Å². The molecule has 1 aromatic carbocycles. The van der Waals surface area contributed by atoms with Crippen LogP contribution in [0.2, 0.25) is 0 Å². The Hall–Kier alpha value is -1.62. The predicted molar refractivity (Wildman–Crippen MR) is 76.4 cm³/mol. The molecule has 0 aromatic heterocycles. The summed E-state index contributed by atoms with van der Waals surface area (Å²) in [5.41, 5.74) is 7.78. The van der Waals surface area contributed by atoms with E-state index in [9.17, 15) is 10.1 Å². The zero-order valence-corrected chi connectivity index (χ0v) is 11.5. The number of anilines is 1. The molecule has 0 radical (unpaired) electrons.